The molecule has 0 amide bonds. The van der Waals surface area contributed by atoms with Gasteiger partial charge in [-0.05, 0) is 36.9 Å². The number of likely N-dealkylation sites (N-methyl/N-ethyl adjacent to an activating group) is 1. The fraction of sp³-hybridized carbons (Fsp3) is 0.235. The van der Waals surface area contributed by atoms with Crippen LogP contribution in [0.15, 0.2) is 54.6 Å². The van der Waals surface area contributed by atoms with Gasteiger partial charge in [0.2, 0.25) is 0 Å². The van der Waals surface area contributed by atoms with Crippen molar-refractivity contribution in [2.45, 2.75) is 6.54 Å². The van der Waals surface area contributed by atoms with Crippen LogP contribution >= 0.6 is 11.6 Å². The predicted molar refractivity (Wildman–Crippen MR) is 84.5 cm³/mol. The molecule has 0 N–H and O–H groups in total. The van der Waals surface area contributed by atoms with Crippen LogP contribution in [-0.4, -0.2) is 31.1 Å². The van der Waals surface area contributed by atoms with E-state index in [1.165, 1.54) is 5.56 Å². The first-order valence-electron chi connectivity index (χ1n) is 6.80. The van der Waals surface area contributed by atoms with Gasteiger partial charge in [-0.1, -0.05) is 41.9 Å². The number of hydrogen-bond acceptors (Lipinski definition) is 3. The van der Waals surface area contributed by atoms with Crippen LogP contribution in [0.25, 0.3) is 0 Å². The first kappa shape index (κ1) is 15.5. The topological polar surface area (TPSA) is 29.5 Å². The zero-order valence-electron chi connectivity index (χ0n) is 12.0. The lowest BCUT2D eigenvalue weighted by Crippen LogP contribution is -2.24. The Bertz CT molecular complexity index is 569. The van der Waals surface area contributed by atoms with Crippen molar-refractivity contribution in [1.82, 2.24) is 4.90 Å². The number of ether oxygens (including phenoxy) is 1. The molecule has 2 aromatic carbocycles. The van der Waals surface area contributed by atoms with Crippen molar-refractivity contribution in [2.24, 2.45) is 0 Å². The van der Waals surface area contributed by atoms with Crippen molar-refractivity contribution in [3.8, 4) is 0 Å². The van der Waals surface area contributed by atoms with Gasteiger partial charge < -0.3 is 4.74 Å². The summed E-state index contributed by atoms with van der Waals surface area (Å²) < 4.78 is 5.25. The summed E-state index contributed by atoms with van der Waals surface area (Å²) in [4.78, 5) is 13.9. The molecule has 0 aliphatic rings. The Kier molecular flexibility index (Phi) is 5.78. The lowest BCUT2D eigenvalue weighted by atomic mass is 10.2. The third kappa shape index (κ3) is 5.21. The quantitative estimate of drug-likeness (QED) is 0.763. The average molecular weight is 304 g/mol. The van der Waals surface area contributed by atoms with Crippen molar-refractivity contribution in [1.29, 1.82) is 0 Å². The van der Waals surface area contributed by atoms with Gasteiger partial charge in [-0.25, -0.2) is 4.79 Å². The fourth-order valence-electron chi connectivity index (χ4n) is 1.94. The second-order valence-electron chi connectivity index (χ2n) is 4.87. The van der Waals surface area contributed by atoms with E-state index >= 15 is 0 Å². The minimum absolute atomic E-state index is 0.320. The molecule has 0 saturated carbocycles. The summed E-state index contributed by atoms with van der Waals surface area (Å²) in [5.41, 5.74) is 1.76. The molecule has 21 heavy (non-hydrogen) atoms. The first-order valence-corrected chi connectivity index (χ1v) is 7.18. The third-order valence-electron chi connectivity index (χ3n) is 3.08. The molecule has 0 fully saturated rings. The molecular formula is C17H18ClNO2. The van der Waals surface area contributed by atoms with E-state index in [9.17, 15) is 4.79 Å². The van der Waals surface area contributed by atoms with Crippen LogP contribution < -0.4 is 0 Å². The lowest BCUT2D eigenvalue weighted by molar-refractivity contribution is 0.0470. The highest BCUT2D eigenvalue weighted by Gasteiger charge is 2.07. The number of halogens is 1. The molecule has 0 heterocycles. The number of benzene rings is 2. The monoisotopic (exact) mass is 303 g/mol. The van der Waals surface area contributed by atoms with Crippen LogP contribution in [0.2, 0.25) is 5.02 Å². The lowest BCUT2D eigenvalue weighted by Gasteiger charge is -2.16. The maximum Gasteiger partial charge on any atom is 0.338 e. The van der Waals surface area contributed by atoms with Gasteiger partial charge in [0, 0.05) is 18.1 Å². The third-order valence-corrected chi connectivity index (χ3v) is 3.33. The van der Waals surface area contributed by atoms with Gasteiger partial charge in [-0.15, -0.1) is 0 Å². The van der Waals surface area contributed by atoms with Crippen molar-refractivity contribution in [3.63, 3.8) is 0 Å². The standard InChI is InChI=1S/C17H18ClNO2/c1-19(13-14-5-3-2-4-6-14)11-12-21-17(20)15-7-9-16(18)10-8-15/h2-10H,11-13H2,1H3. The van der Waals surface area contributed by atoms with Crippen LogP contribution in [-0.2, 0) is 11.3 Å². The van der Waals surface area contributed by atoms with E-state index in [1.807, 2.05) is 25.2 Å². The molecule has 0 unspecified atom stereocenters. The summed E-state index contributed by atoms with van der Waals surface area (Å²) >= 11 is 5.78. The van der Waals surface area contributed by atoms with E-state index in [-0.39, 0.29) is 5.97 Å². The highest BCUT2D eigenvalue weighted by molar-refractivity contribution is 6.30. The Morgan fingerprint density at radius 2 is 1.76 bits per heavy atom. The average Bonchev–Trinajstić information content (AvgIpc) is 2.49. The van der Waals surface area contributed by atoms with Crippen LogP contribution in [0.4, 0.5) is 0 Å². The Balaban J connectivity index is 1.73. The maximum absolute atomic E-state index is 11.8. The molecule has 0 spiro atoms. The number of carbonyl (C=O) groups excluding carboxylic acids is 1. The molecule has 0 aliphatic carbocycles. The van der Waals surface area contributed by atoms with Gasteiger partial charge in [0.1, 0.15) is 6.61 Å². The molecule has 4 heteroatoms. The smallest absolute Gasteiger partial charge is 0.338 e. The van der Waals surface area contributed by atoms with E-state index in [4.69, 9.17) is 16.3 Å². The molecule has 2 aromatic rings. The summed E-state index contributed by atoms with van der Waals surface area (Å²) in [5, 5.41) is 0.606. The van der Waals surface area contributed by atoms with Crippen molar-refractivity contribution in [3.05, 3.63) is 70.7 Å². The Morgan fingerprint density at radius 1 is 1.10 bits per heavy atom. The van der Waals surface area contributed by atoms with Crippen molar-refractivity contribution in [2.75, 3.05) is 20.2 Å². The molecule has 2 rings (SSSR count). The molecule has 0 atom stereocenters. The molecular weight excluding hydrogens is 286 g/mol. The Labute approximate surface area is 130 Å². The zero-order chi connectivity index (χ0) is 15.1. The van der Waals surface area contributed by atoms with Gasteiger partial charge >= 0.3 is 5.97 Å². The zero-order valence-corrected chi connectivity index (χ0v) is 12.7. The number of hydrogen-bond donors (Lipinski definition) is 0. The number of carbonyl (C=O) groups is 1. The van der Waals surface area contributed by atoms with Crippen LogP contribution in [0.3, 0.4) is 0 Å². The van der Waals surface area contributed by atoms with E-state index in [2.05, 4.69) is 17.0 Å². The molecule has 0 aromatic heterocycles. The van der Waals surface area contributed by atoms with Crippen LogP contribution in [0.5, 0.6) is 0 Å². The van der Waals surface area contributed by atoms with Crippen LogP contribution in [0, 0.1) is 0 Å². The maximum atomic E-state index is 11.8. The van der Waals surface area contributed by atoms with Gasteiger partial charge in [0.15, 0.2) is 0 Å². The minimum atomic E-state index is -0.320. The van der Waals surface area contributed by atoms with E-state index in [1.54, 1.807) is 24.3 Å². The minimum Gasteiger partial charge on any atom is -0.461 e. The van der Waals surface area contributed by atoms with Crippen molar-refractivity contribution < 1.29 is 9.53 Å². The normalized spacial score (nSPS) is 10.6. The summed E-state index contributed by atoms with van der Waals surface area (Å²) in [6.45, 7) is 1.89. The predicted octanol–water partition coefficient (Wildman–Crippen LogP) is 3.63. The Hall–Kier alpha value is -1.84. The van der Waals surface area contributed by atoms with E-state index in [0.29, 0.717) is 23.7 Å². The number of rotatable bonds is 6. The second-order valence-corrected chi connectivity index (χ2v) is 5.30. The van der Waals surface area contributed by atoms with Gasteiger partial charge in [0.05, 0.1) is 5.56 Å². The Morgan fingerprint density at radius 3 is 2.43 bits per heavy atom. The molecule has 3 nitrogen and oxygen atoms in total. The summed E-state index contributed by atoms with van der Waals surface area (Å²) in [6.07, 6.45) is 0. The molecule has 0 radical (unpaired) electrons. The summed E-state index contributed by atoms with van der Waals surface area (Å²) in [5.74, 6) is -0.320. The number of nitrogens with zero attached hydrogens (tertiary/aromatic N) is 1. The SMILES string of the molecule is CN(CCOC(=O)c1ccc(Cl)cc1)Cc1ccccc1. The van der Waals surface area contributed by atoms with Gasteiger partial charge in [-0.2, -0.15) is 0 Å². The van der Waals surface area contributed by atoms with E-state index < -0.39 is 0 Å². The van der Waals surface area contributed by atoms with Crippen LogP contribution in [0.1, 0.15) is 15.9 Å². The first-order chi connectivity index (χ1) is 10.1. The molecule has 0 aliphatic heterocycles. The highest BCUT2D eigenvalue weighted by Crippen LogP contribution is 2.10. The molecule has 110 valence electrons. The summed E-state index contributed by atoms with van der Waals surface area (Å²) in [7, 11) is 2.00. The summed E-state index contributed by atoms with van der Waals surface area (Å²) in [6, 6.07) is 16.9. The van der Waals surface area contributed by atoms with Gasteiger partial charge in [-0.3, -0.25) is 4.90 Å². The second kappa shape index (κ2) is 7.81. The largest absolute Gasteiger partial charge is 0.461 e. The van der Waals surface area contributed by atoms with Crippen molar-refractivity contribution >= 4 is 17.6 Å². The fourth-order valence-corrected chi connectivity index (χ4v) is 2.06. The number of esters is 1. The van der Waals surface area contributed by atoms with Gasteiger partial charge in [0.25, 0.3) is 0 Å². The molecule has 0 saturated heterocycles. The van der Waals surface area contributed by atoms with E-state index in [0.717, 1.165) is 6.54 Å². The highest BCUT2D eigenvalue weighted by atomic mass is 35.5. The molecule has 0 bridgehead atoms.